The molecule has 2 fully saturated rings. The van der Waals surface area contributed by atoms with Crippen LogP contribution in [0.4, 0.5) is 0 Å². The molecule has 0 bridgehead atoms. The highest BCUT2D eigenvalue weighted by Crippen LogP contribution is 2.38. The lowest BCUT2D eigenvalue weighted by atomic mass is 9.81. The molecular formula is C19H23NO4. The number of amides is 2. The Balaban J connectivity index is 1.63. The number of imide groups is 1. The number of carbonyl (C=O) groups is 3. The maximum atomic E-state index is 12.5. The highest BCUT2D eigenvalue weighted by Gasteiger charge is 2.51. The minimum Gasteiger partial charge on any atom is -0.459 e. The van der Waals surface area contributed by atoms with Gasteiger partial charge in [0.2, 0.25) is 11.8 Å². The average molecular weight is 329 g/mol. The van der Waals surface area contributed by atoms with E-state index in [0.717, 1.165) is 41.7 Å². The molecule has 1 aromatic carbocycles. The van der Waals surface area contributed by atoms with Gasteiger partial charge in [0.1, 0.15) is 12.6 Å². The second-order valence-corrected chi connectivity index (χ2v) is 6.81. The number of carbonyl (C=O) groups excluding carboxylic acids is 3. The van der Waals surface area contributed by atoms with Crippen molar-refractivity contribution >= 4 is 17.8 Å². The summed E-state index contributed by atoms with van der Waals surface area (Å²) in [5.41, 5.74) is 2.02. The Kier molecular flexibility index (Phi) is 4.69. The van der Waals surface area contributed by atoms with Crippen LogP contribution in [0.2, 0.25) is 0 Å². The Bertz CT molecular complexity index is 628. The van der Waals surface area contributed by atoms with E-state index in [1.165, 1.54) is 0 Å². The van der Waals surface area contributed by atoms with Gasteiger partial charge in [0.15, 0.2) is 0 Å². The van der Waals surface area contributed by atoms with Crippen molar-refractivity contribution in [3.8, 4) is 0 Å². The van der Waals surface area contributed by atoms with Gasteiger partial charge in [-0.15, -0.1) is 0 Å². The van der Waals surface area contributed by atoms with Crippen molar-refractivity contribution in [3.05, 3.63) is 35.4 Å². The third-order valence-electron chi connectivity index (χ3n) is 5.11. The molecule has 1 saturated heterocycles. The summed E-state index contributed by atoms with van der Waals surface area (Å²) in [6, 6.07) is 6.83. The molecule has 5 heteroatoms. The summed E-state index contributed by atoms with van der Waals surface area (Å²) in [4.78, 5) is 38.4. The van der Waals surface area contributed by atoms with Crippen LogP contribution in [0.1, 0.15) is 43.7 Å². The summed E-state index contributed by atoms with van der Waals surface area (Å²) in [6.45, 7) is 3.71. The summed E-state index contributed by atoms with van der Waals surface area (Å²) >= 11 is 0. The zero-order valence-electron chi connectivity index (χ0n) is 14.2. The maximum Gasteiger partial charge on any atom is 0.329 e. The highest BCUT2D eigenvalue weighted by molar-refractivity contribution is 6.07. The first-order valence-corrected chi connectivity index (χ1v) is 8.58. The first-order chi connectivity index (χ1) is 11.5. The van der Waals surface area contributed by atoms with Gasteiger partial charge in [-0.2, -0.15) is 0 Å². The van der Waals surface area contributed by atoms with Crippen LogP contribution in [0.15, 0.2) is 24.3 Å². The maximum absolute atomic E-state index is 12.5. The largest absolute Gasteiger partial charge is 0.459 e. The van der Waals surface area contributed by atoms with E-state index in [2.05, 4.69) is 0 Å². The van der Waals surface area contributed by atoms with Crippen molar-refractivity contribution in [2.24, 2.45) is 11.8 Å². The molecule has 1 aromatic rings. The number of ether oxygens (including phenoxy) is 1. The van der Waals surface area contributed by atoms with E-state index < -0.39 is 12.0 Å². The quantitative estimate of drug-likeness (QED) is 0.629. The van der Waals surface area contributed by atoms with Crippen LogP contribution in [0.25, 0.3) is 0 Å². The molecule has 5 nitrogen and oxygen atoms in total. The molecule has 0 unspecified atom stereocenters. The molecule has 0 radical (unpaired) electrons. The molecule has 2 amide bonds. The molecule has 0 spiro atoms. The fourth-order valence-corrected chi connectivity index (χ4v) is 3.63. The lowest BCUT2D eigenvalue weighted by Crippen LogP contribution is -2.44. The van der Waals surface area contributed by atoms with Crippen LogP contribution in [-0.4, -0.2) is 28.7 Å². The molecule has 1 aliphatic carbocycles. The molecule has 2 aliphatic rings. The van der Waals surface area contributed by atoms with Crippen molar-refractivity contribution in [1.29, 1.82) is 0 Å². The first-order valence-electron chi connectivity index (χ1n) is 8.58. The second-order valence-electron chi connectivity index (χ2n) is 6.81. The minimum atomic E-state index is -0.860. The van der Waals surface area contributed by atoms with Gasteiger partial charge < -0.3 is 4.74 Å². The fraction of sp³-hybridized carbons (Fsp3) is 0.526. The Morgan fingerprint density at radius 2 is 1.67 bits per heavy atom. The third kappa shape index (κ3) is 3.07. The van der Waals surface area contributed by atoms with Gasteiger partial charge in [0, 0.05) is 0 Å². The van der Waals surface area contributed by atoms with Gasteiger partial charge in [-0.05, 0) is 32.3 Å². The minimum absolute atomic E-state index is 0.145. The smallest absolute Gasteiger partial charge is 0.329 e. The molecule has 1 saturated carbocycles. The van der Waals surface area contributed by atoms with Gasteiger partial charge in [-0.25, -0.2) is 4.79 Å². The lowest BCUT2D eigenvalue weighted by molar-refractivity contribution is -0.159. The summed E-state index contributed by atoms with van der Waals surface area (Å²) in [7, 11) is 0. The molecule has 3 rings (SSSR count). The van der Waals surface area contributed by atoms with E-state index in [1.54, 1.807) is 6.92 Å². The molecule has 1 heterocycles. The van der Waals surface area contributed by atoms with Gasteiger partial charge in [0.05, 0.1) is 11.8 Å². The Morgan fingerprint density at radius 3 is 2.21 bits per heavy atom. The zero-order valence-corrected chi connectivity index (χ0v) is 14.2. The number of aryl methyl sites for hydroxylation is 1. The summed E-state index contributed by atoms with van der Waals surface area (Å²) in [5, 5.41) is 0. The number of benzene rings is 1. The molecule has 0 aromatic heterocycles. The Morgan fingerprint density at radius 1 is 1.12 bits per heavy atom. The van der Waals surface area contributed by atoms with Crippen LogP contribution < -0.4 is 0 Å². The van der Waals surface area contributed by atoms with E-state index in [0.29, 0.717) is 0 Å². The van der Waals surface area contributed by atoms with Crippen molar-refractivity contribution < 1.29 is 19.1 Å². The number of hydrogen-bond acceptors (Lipinski definition) is 4. The highest BCUT2D eigenvalue weighted by atomic mass is 16.5. The molecular weight excluding hydrogens is 306 g/mol. The van der Waals surface area contributed by atoms with Crippen LogP contribution >= 0.6 is 0 Å². The van der Waals surface area contributed by atoms with Gasteiger partial charge in [-0.3, -0.25) is 14.5 Å². The number of likely N-dealkylation sites (tertiary alicyclic amines) is 1. The van der Waals surface area contributed by atoms with Crippen molar-refractivity contribution in [3.63, 3.8) is 0 Å². The van der Waals surface area contributed by atoms with Crippen LogP contribution in [0, 0.1) is 18.8 Å². The number of nitrogens with zero attached hydrogens (tertiary/aromatic N) is 1. The normalized spacial score (nSPS) is 24.7. The zero-order chi connectivity index (χ0) is 17.3. The number of esters is 1. The van der Waals surface area contributed by atoms with Crippen LogP contribution in [0.5, 0.6) is 0 Å². The Labute approximate surface area is 142 Å². The van der Waals surface area contributed by atoms with E-state index in [1.807, 2.05) is 31.2 Å². The molecule has 128 valence electrons. The van der Waals surface area contributed by atoms with Gasteiger partial charge >= 0.3 is 5.97 Å². The van der Waals surface area contributed by atoms with Crippen LogP contribution in [-0.2, 0) is 25.7 Å². The third-order valence-corrected chi connectivity index (χ3v) is 5.11. The number of rotatable bonds is 4. The molecule has 3 atom stereocenters. The summed E-state index contributed by atoms with van der Waals surface area (Å²) in [6.07, 6.45) is 3.44. The fourth-order valence-electron chi connectivity index (χ4n) is 3.63. The monoisotopic (exact) mass is 329 g/mol. The molecule has 0 N–H and O–H groups in total. The predicted octanol–water partition coefficient (Wildman–Crippen LogP) is 2.60. The first kappa shape index (κ1) is 16.7. The topological polar surface area (TPSA) is 63.7 Å². The standard InChI is InChI=1S/C19H23NO4/c1-12-7-9-14(10-8-12)11-24-19(23)13(2)20-17(21)15-5-3-4-6-16(15)18(20)22/h7-10,13,15-16H,3-6,11H2,1-2H3/t13-,15-,16+/m0/s1. The van der Waals surface area contributed by atoms with Gasteiger partial charge in [-0.1, -0.05) is 42.7 Å². The van der Waals surface area contributed by atoms with Crippen molar-refractivity contribution in [2.45, 2.75) is 52.2 Å². The van der Waals surface area contributed by atoms with E-state index in [4.69, 9.17) is 4.74 Å². The van der Waals surface area contributed by atoms with Gasteiger partial charge in [0.25, 0.3) is 0 Å². The SMILES string of the molecule is Cc1ccc(COC(=O)[C@H](C)N2C(=O)[C@H]3CCCC[C@H]3C2=O)cc1. The number of fused-ring (bicyclic) bond motifs is 1. The lowest BCUT2D eigenvalue weighted by Gasteiger charge is -2.21. The second kappa shape index (κ2) is 6.75. The van der Waals surface area contributed by atoms with Crippen molar-refractivity contribution in [1.82, 2.24) is 4.90 Å². The van der Waals surface area contributed by atoms with Crippen LogP contribution in [0.3, 0.4) is 0 Å². The van der Waals surface area contributed by atoms with E-state index in [-0.39, 0.29) is 30.3 Å². The number of hydrogen-bond donors (Lipinski definition) is 0. The molecule has 24 heavy (non-hydrogen) atoms. The summed E-state index contributed by atoms with van der Waals surface area (Å²) in [5.74, 6) is -1.41. The average Bonchev–Trinajstić information content (AvgIpc) is 2.85. The van der Waals surface area contributed by atoms with E-state index >= 15 is 0 Å². The molecule has 1 aliphatic heterocycles. The Hall–Kier alpha value is -2.17. The van der Waals surface area contributed by atoms with Crippen molar-refractivity contribution in [2.75, 3.05) is 0 Å². The summed E-state index contributed by atoms with van der Waals surface area (Å²) < 4.78 is 5.31. The predicted molar refractivity (Wildman–Crippen MR) is 87.7 cm³/mol. The van der Waals surface area contributed by atoms with E-state index in [9.17, 15) is 14.4 Å².